The van der Waals surface area contributed by atoms with E-state index in [1.54, 1.807) is 0 Å². The average Bonchev–Trinajstić information content (AvgIpc) is 3.12. The quantitative estimate of drug-likeness (QED) is 0.919. The van der Waals surface area contributed by atoms with Crippen molar-refractivity contribution in [2.75, 3.05) is 40.8 Å². The van der Waals surface area contributed by atoms with Crippen LogP contribution in [0, 0.1) is 5.92 Å². The third kappa shape index (κ3) is 3.26. The van der Waals surface area contributed by atoms with Crippen molar-refractivity contribution in [2.45, 2.75) is 13.0 Å². The van der Waals surface area contributed by atoms with Crippen molar-refractivity contribution in [2.24, 2.45) is 5.92 Å². The third-order valence-corrected chi connectivity index (χ3v) is 4.43. The molecule has 1 saturated heterocycles. The van der Waals surface area contributed by atoms with Crippen molar-refractivity contribution in [1.82, 2.24) is 15.1 Å². The molecule has 1 aromatic carbocycles. The molecule has 0 radical (unpaired) electrons. The monoisotopic (exact) mass is 315 g/mol. The zero-order valence-electron chi connectivity index (χ0n) is 14.1. The second-order valence-corrected chi connectivity index (χ2v) is 6.61. The summed E-state index contributed by atoms with van der Waals surface area (Å²) >= 11 is 0. The van der Waals surface area contributed by atoms with Gasteiger partial charge in [-0.2, -0.15) is 0 Å². The second-order valence-electron chi connectivity index (χ2n) is 6.61. The lowest BCUT2D eigenvalue weighted by Crippen LogP contribution is -2.31. The molecule has 3 rings (SSSR count). The molecule has 1 N–H and O–H groups in total. The minimum absolute atomic E-state index is 0.0247. The number of carbonyl (C=O) groups is 1. The van der Waals surface area contributed by atoms with E-state index in [-0.39, 0.29) is 5.91 Å². The van der Waals surface area contributed by atoms with Crippen molar-refractivity contribution in [3.05, 3.63) is 35.6 Å². The molecule has 1 aliphatic heterocycles. The highest BCUT2D eigenvalue weighted by molar-refractivity contribution is 5.99. The lowest BCUT2D eigenvalue weighted by molar-refractivity contribution is 0.0755. The second kappa shape index (κ2) is 6.72. The number of likely N-dealkylation sites (tertiary alicyclic amines) is 1. The predicted octanol–water partition coefficient (Wildman–Crippen LogP) is 2.18. The maximum absolute atomic E-state index is 13.0. The van der Waals surface area contributed by atoms with E-state index in [4.69, 9.17) is 4.42 Å². The number of carbonyl (C=O) groups excluding carboxylic acids is 1. The summed E-state index contributed by atoms with van der Waals surface area (Å²) in [7, 11) is 5.97. The van der Waals surface area contributed by atoms with Crippen LogP contribution in [-0.4, -0.2) is 56.5 Å². The van der Waals surface area contributed by atoms with Crippen LogP contribution < -0.4 is 5.32 Å². The van der Waals surface area contributed by atoms with Gasteiger partial charge < -0.3 is 19.5 Å². The summed E-state index contributed by atoms with van der Waals surface area (Å²) in [6.07, 6.45) is 1.05. The van der Waals surface area contributed by atoms with Gasteiger partial charge in [0.2, 0.25) is 0 Å². The zero-order chi connectivity index (χ0) is 16.4. The Morgan fingerprint density at radius 2 is 2.17 bits per heavy atom. The number of hydrogen-bond acceptors (Lipinski definition) is 4. The minimum atomic E-state index is 0.0247. The Hall–Kier alpha value is -1.85. The molecule has 2 aromatic rings. The van der Waals surface area contributed by atoms with Gasteiger partial charge in [0.15, 0.2) is 5.76 Å². The maximum Gasteiger partial charge on any atom is 0.289 e. The van der Waals surface area contributed by atoms with E-state index >= 15 is 0 Å². The van der Waals surface area contributed by atoms with Crippen LogP contribution in [0.5, 0.6) is 0 Å². The number of nitrogens with one attached hydrogen (secondary N) is 1. The molecule has 124 valence electrons. The Morgan fingerprint density at radius 3 is 2.91 bits per heavy atom. The topological polar surface area (TPSA) is 48.7 Å². The molecule has 0 saturated carbocycles. The molecule has 2 heterocycles. The van der Waals surface area contributed by atoms with E-state index in [0.717, 1.165) is 42.6 Å². The molecule has 23 heavy (non-hydrogen) atoms. The number of amides is 1. The lowest BCUT2D eigenvalue weighted by atomic mass is 10.1. The van der Waals surface area contributed by atoms with Gasteiger partial charge in [-0.05, 0) is 46.1 Å². The zero-order valence-corrected chi connectivity index (χ0v) is 14.1. The van der Waals surface area contributed by atoms with Gasteiger partial charge in [0.1, 0.15) is 5.58 Å². The molecule has 1 aromatic heterocycles. The van der Waals surface area contributed by atoms with E-state index < -0.39 is 0 Å². The first-order chi connectivity index (χ1) is 11.1. The summed E-state index contributed by atoms with van der Waals surface area (Å²) in [6.45, 7) is 3.27. The Morgan fingerprint density at radius 1 is 1.39 bits per heavy atom. The Labute approximate surface area is 137 Å². The summed E-state index contributed by atoms with van der Waals surface area (Å²) < 4.78 is 5.94. The van der Waals surface area contributed by atoms with Crippen LogP contribution in [0.3, 0.4) is 0 Å². The van der Waals surface area contributed by atoms with E-state index in [1.165, 1.54) is 0 Å². The van der Waals surface area contributed by atoms with Gasteiger partial charge in [-0.3, -0.25) is 4.79 Å². The average molecular weight is 315 g/mol. The Kier molecular flexibility index (Phi) is 4.68. The van der Waals surface area contributed by atoms with Gasteiger partial charge >= 0.3 is 0 Å². The summed E-state index contributed by atoms with van der Waals surface area (Å²) in [6, 6.07) is 7.89. The number of hydrogen-bond donors (Lipinski definition) is 1. The van der Waals surface area contributed by atoms with Crippen LogP contribution in [0.2, 0.25) is 0 Å². The first-order valence-corrected chi connectivity index (χ1v) is 8.19. The third-order valence-electron chi connectivity index (χ3n) is 4.43. The molecule has 1 atom stereocenters. The van der Waals surface area contributed by atoms with Crippen LogP contribution >= 0.6 is 0 Å². The number of fused-ring (bicyclic) bond motifs is 1. The molecule has 0 aliphatic carbocycles. The fraction of sp³-hybridized carbons (Fsp3) is 0.500. The molecule has 0 unspecified atom stereocenters. The summed E-state index contributed by atoms with van der Waals surface area (Å²) in [5.41, 5.74) is 1.78. The van der Waals surface area contributed by atoms with Gasteiger partial charge in [0.05, 0.1) is 0 Å². The van der Waals surface area contributed by atoms with E-state index in [0.29, 0.717) is 18.2 Å². The van der Waals surface area contributed by atoms with Crippen molar-refractivity contribution in [3.8, 4) is 0 Å². The van der Waals surface area contributed by atoms with Crippen LogP contribution in [0.4, 0.5) is 0 Å². The normalized spacial score (nSPS) is 18.3. The molecular formula is C18H25N3O2. The van der Waals surface area contributed by atoms with Crippen molar-refractivity contribution in [1.29, 1.82) is 0 Å². The van der Waals surface area contributed by atoms with E-state index in [1.807, 2.05) is 50.3 Å². The maximum atomic E-state index is 13.0. The molecular weight excluding hydrogens is 290 g/mol. The highest BCUT2D eigenvalue weighted by atomic mass is 16.3. The Bertz CT molecular complexity index is 693. The van der Waals surface area contributed by atoms with Crippen molar-refractivity contribution >= 4 is 16.9 Å². The fourth-order valence-electron chi connectivity index (χ4n) is 3.36. The summed E-state index contributed by atoms with van der Waals surface area (Å²) in [4.78, 5) is 17.0. The molecule has 0 spiro atoms. The van der Waals surface area contributed by atoms with Crippen LogP contribution in [0.25, 0.3) is 11.0 Å². The predicted molar refractivity (Wildman–Crippen MR) is 91.5 cm³/mol. The van der Waals surface area contributed by atoms with Crippen LogP contribution in [-0.2, 0) is 6.54 Å². The Balaban J connectivity index is 1.91. The largest absolute Gasteiger partial charge is 0.451 e. The van der Waals surface area contributed by atoms with E-state index in [9.17, 15) is 4.79 Å². The van der Waals surface area contributed by atoms with Gasteiger partial charge in [-0.15, -0.1) is 0 Å². The lowest BCUT2D eigenvalue weighted by Gasteiger charge is -2.17. The molecule has 1 fully saturated rings. The van der Waals surface area contributed by atoms with Crippen molar-refractivity contribution in [3.63, 3.8) is 0 Å². The van der Waals surface area contributed by atoms with Gasteiger partial charge in [-0.25, -0.2) is 0 Å². The number of para-hydroxylation sites is 1. The molecule has 0 bridgehead atoms. The highest BCUT2D eigenvalue weighted by Crippen LogP contribution is 2.29. The standard InChI is InChI=1S/C18H25N3O2/c1-19-10-13-8-9-21(11-13)18(22)17-15(12-20(2)3)14-6-4-5-7-16(14)23-17/h4-7,13,19H,8-12H2,1-3H3/t13-/m1/s1. The van der Waals surface area contributed by atoms with E-state index in [2.05, 4.69) is 10.2 Å². The van der Waals surface area contributed by atoms with Gasteiger partial charge in [0.25, 0.3) is 5.91 Å². The molecule has 5 heteroatoms. The fourth-order valence-corrected chi connectivity index (χ4v) is 3.36. The molecule has 1 amide bonds. The number of benzene rings is 1. The minimum Gasteiger partial charge on any atom is -0.451 e. The van der Waals surface area contributed by atoms with Crippen LogP contribution in [0.15, 0.2) is 28.7 Å². The summed E-state index contributed by atoms with van der Waals surface area (Å²) in [5.74, 6) is 1.06. The number of rotatable bonds is 5. The first kappa shape index (κ1) is 16.0. The van der Waals surface area contributed by atoms with Crippen molar-refractivity contribution < 1.29 is 9.21 Å². The number of furan rings is 1. The van der Waals surface area contributed by atoms with Crippen LogP contribution in [0.1, 0.15) is 22.5 Å². The molecule has 1 aliphatic rings. The number of nitrogens with zero attached hydrogens (tertiary/aromatic N) is 2. The smallest absolute Gasteiger partial charge is 0.289 e. The van der Waals surface area contributed by atoms with Gasteiger partial charge in [0, 0.05) is 30.6 Å². The highest BCUT2D eigenvalue weighted by Gasteiger charge is 2.30. The molecule has 5 nitrogen and oxygen atoms in total. The SMILES string of the molecule is CNC[C@H]1CCN(C(=O)c2oc3ccccc3c2CN(C)C)C1. The summed E-state index contributed by atoms with van der Waals surface area (Å²) in [5, 5.41) is 4.24. The first-order valence-electron chi connectivity index (χ1n) is 8.19. The van der Waals surface area contributed by atoms with Gasteiger partial charge in [-0.1, -0.05) is 18.2 Å².